The normalized spacial score (nSPS) is 24.0. The molecule has 0 saturated heterocycles. The zero-order valence-electron chi connectivity index (χ0n) is 8.23. The molecule has 1 aliphatic rings. The smallest absolute Gasteiger partial charge is 0.265 e. The first kappa shape index (κ1) is 10.9. The van der Waals surface area contributed by atoms with Crippen molar-refractivity contribution >= 4 is 0 Å². The Kier molecular flexibility index (Phi) is 3.65. The fourth-order valence-corrected chi connectivity index (χ4v) is 2.04. The second-order valence-electron chi connectivity index (χ2n) is 4.15. The molecule has 78 valence electrons. The van der Waals surface area contributed by atoms with Crippen LogP contribution in [0, 0.1) is 5.92 Å². The molecule has 0 amide bonds. The van der Waals surface area contributed by atoms with Gasteiger partial charge in [0.1, 0.15) is 0 Å². The monoisotopic (exact) mass is 191 g/mol. The van der Waals surface area contributed by atoms with Crippen molar-refractivity contribution in [1.82, 2.24) is 0 Å². The largest absolute Gasteiger partial charge is 0.323 e. The van der Waals surface area contributed by atoms with Crippen molar-refractivity contribution in [1.29, 1.82) is 0 Å². The van der Waals surface area contributed by atoms with Gasteiger partial charge in [-0.25, -0.2) is 8.78 Å². The third-order valence-corrected chi connectivity index (χ3v) is 3.01. The summed E-state index contributed by atoms with van der Waals surface area (Å²) < 4.78 is 27.0. The topological polar surface area (TPSA) is 26.0 Å². The van der Waals surface area contributed by atoms with Gasteiger partial charge in [0.15, 0.2) is 0 Å². The van der Waals surface area contributed by atoms with Crippen molar-refractivity contribution in [3.63, 3.8) is 0 Å². The van der Waals surface area contributed by atoms with Crippen LogP contribution in [0.3, 0.4) is 0 Å². The van der Waals surface area contributed by atoms with Crippen LogP contribution in [0.15, 0.2) is 0 Å². The minimum atomic E-state index is -2.66. The van der Waals surface area contributed by atoms with Gasteiger partial charge in [-0.3, -0.25) is 0 Å². The predicted molar refractivity (Wildman–Crippen MR) is 49.8 cm³/mol. The van der Waals surface area contributed by atoms with Crippen LogP contribution >= 0.6 is 0 Å². The van der Waals surface area contributed by atoms with Gasteiger partial charge in [0.05, 0.1) is 6.04 Å². The van der Waals surface area contributed by atoms with Crippen molar-refractivity contribution in [2.24, 2.45) is 11.7 Å². The second-order valence-corrected chi connectivity index (χ2v) is 4.15. The molecule has 1 nitrogen and oxygen atoms in total. The third kappa shape index (κ3) is 2.63. The zero-order chi connectivity index (χ0) is 9.90. The van der Waals surface area contributed by atoms with E-state index >= 15 is 0 Å². The molecule has 0 aliphatic heterocycles. The molecule has 0 aromatic rings. The third-order valence-electron chi connectivity index (χ3n) is 3.01. The molecule has 0 spiro atoms. The lowest BCUT2D eigenvalue weighted by molar-refractivity contribution is -0.0802. The summed E-state index contributed by atoms with van der Waals surface area (Å²) in [6, 6.07) is -1.00. The number of halogens is 2. The standard InChI is InChI=1S/C10H19F2N/c1-8(13)10(11,12)9-6-4-2-3-5-7-9/h8-9H,2-7,13H2,1H3. The van der Waals surface area contributed by atoms with Crippen LogP contribution in [-0.4, -0.2) is 12.0 Å². The molecule has 1 unspecified atom stereocenters. The van der Waals surface area contributed by atoms with Gasteiger partial charge in [-0.2, -0.15) is 0 Å². The van der Waals surface area contributed by atoms with Gasteiger partial charge >= 0.3 is 0 Å². The van der Waals surface area contributed by atoms with E-state index in [1.54, 1.807) is 0 Å². The molecule has 2 N–H and O–H groups in total. The fraction of sp³-hybridized carbons (Fsp3) is 1.00. The van der Waals surface area contributed by atoms with Crippen molar-refractivity contribution in [3.05, 3.63) is 0 Å². The van der Waals surface area contributed by atoms with Gasteiger partial charge in [0.25, 0.3) is 5.92 Å². The molecule has 1 atom stereocenters. The van der Waals surface area contributed by atoms with Gasteiger partial charge < -0.3 is 5.73 Å². The van der Waals surface area contributed by atoms with Gasteiger partial charge in [0.2, 0.25) is 0 Å². The molecule has 0 radical (unpaired) electrons. The Morgan fingerprint density at radius 2 is 1.62 bits per heavy atom. The van der Waals surface area contributed by atoms with E-state index in [-0.39, 0.29) is 0 Å². The highest BCUT2D eigenvalue weighted by atomic mass is 19.3. The molecule has 1 fully saturated rings. The highest BCUT2D eigenvalue weighted by molar-refractivity contribution is 4.85. The van der Waals surface area contributed by atoms with Crippen LogP contribution in [0.2, 0.25) is 0 Å². The van der Waals surface area contributed by atoms with Crippen LogP contribution in [0.4, 0.5) is 8.78 Å². The van der Waals surface area contributed by atoms with E-state index in [2.05, 4.69) is 0 Å². The molecular formula is C10H19F2N. The quantitative estimate of drug-likeness (QED) is 0.667. The van der Waals surface area contributed by atoms with Gasteiger partial charge in [-0.1, -0.05) is 25.7 Å². The van der Waals surface area contributed by atoms with Gasteiger partial charge in [-0.15, -0.1) is 0 Å². The number of nitrogens with two attached hydrogens (primary N) is 1. The van der Waals surface area contributed by atoms with Crippen molar-refractivity contribution in [2.75, 3.05) is 0 Å². The summed E-state index contributed by atoms with van der Waals surface area (Å²) in [5.74, 6) is -3.14. The van der Waals surface area contributed by atoms with E-state index in [1.807, 2.05) is 0 Å². The molecule has 0 aromatic heterocycles. The maximum absolute atomic E-state index is 13.5. The summed E-state index contributed by atoms with van der Waals surface area (Å²) in [4.78, 5) is 0. The molecule has 3 heteroatoms. The van der Waals surface area contributed by atoms with E-state index in [4.69, 9.17) is 5.73 Å². The lowest BCUT2D eigenvalue weighted by Crippen LogP contribution is -2.44. The zero-order valence-corrected chi connectivity index (χ0v) is 8.23. The van der Waals surface area contributed by atoms with Crippen LogP contribution in [-0.2, 0) is 0 Å². The van der Waals surface area contributed by atoms with E-state index in [0.717, 1.165) is 25.7 Å². The lowest BCUT2D eigenvalue weighted by Gasteiger charge is -2.28. The van der Waals surface area contributed by atoms with E-state index in [1.165, 1.54) is 6.92 Å². The molecule has 1 rings (SSSR count). The van der Waals surface area contributed by atoms with Crippen molar-refractivity contribution < 1.29 is 8.78 Å². The minimum absolute atomic E-state index is 0.477. The average molecular weight is 191 g/mol. The van der Waals surface area contributed by atoms with Crippen LogP contribution in [0.5, 0.6) is 0 Å². The lowest BCUT2D eigenvalue weighted by atomic mass is 9.89. The summed E-state index contributed by atoms with van der Waals surface area (Å²) in [6.07, 6.45) is 5.38. The fourth-order valence-electron chi connectivity index (χ4n) is 2.04. The molecule has 13 heavy (non-hydrogen) atoms. The van der Waals surface area contributed by atoms with E-state index in [0.29, 0.717) is 12.8 Å². The molecule has 0 bridgehead atoms. The molecule has 0 aromatic carbocycles. The highest BCUT2D eigenvalue weighted by Gasteiger charge is 2.42. The summed E-state index contributed by atoms with van der Waals surface area (Å²) >= 11 is 0. The minimum Gasteiger partial charge on any atom is -0.323 e. The highest BCUT2D eigenvalue weighted by Crippen LogP contribution is 2.37. The SMILES string of the molecule is CC(N)C(F)(F)C1CCCCCC1. The Hall–Kier alpha value is -0.180. The Morgan fingerprint density at radius 3 is 2.00 bits per heavy atom. The first-order chi connectivity index (χ1) is 6.05. The summed E-state index contributed by atoms with van der Waals surface area (Å²) in [6.45, 7) is 1.41. The Bertz CT molecular complexity index is 149. The van der Waals surface area contributed by atoms with Gasteiger partial charge in [0, 0.05) is 5.92 Å². The van der Waals surface area contributed by atoms with Crippen LogP contribution in [0.25, 0.3) is 0 Å². The van der Waals surface area contributed by atoms with Crippen LogP contribution < -0.4 is 5.73 Å². The molecule has 1 saturated carbocycles. The molecule has 1 aliphatic carbocycles. The summed E-state index contributed by atoms with van der Waals surface area (Å²) in [5, 5.41) is 0. The Balaban J connectivity index is 2.57. The van der Waals surface area contributed by atoms with Crippen LogP contribution in [0.1, 0.15) is 45.4 Å². The summed E-state index contributed by atoms with van der Waals surface area (Å²) in [7, 11) is 0. The Labute approximate surface area is 78.7 Å². The number of rotatable bonds is 2. The summed E-state index contributed by atoms with van der Waals surface area (Å²) in [5.41, 5.74) is 5.30. The van der Waals surface area contributed by atoms with Gasteiger partial charge in [-0.05, 0) is 19.8 Å². The predicted octanol–water partition coefficient (Wildman–Crippen LogP) is 2.94. The van der Waals surface area contributed by atoms with Crippen molar-refractivity contribution in [2.45, 2.75) is 57.4 Å². The first-order valence-corrected chi connectivity index (χ1v) is 5.18. The van der Waals surface area contributed by atoms with Crippen molar-refractivity contribution in [3.8, 4) is 0 Å². The Morgan fingerprint density at radius 1 is 1.15 bits per heavy atom. The number of alkyl halides is 2. The second kappa shape index (κ2) is 4.36. The van der Waals surface area contributed by atoms with E-state index < -0.39 is 17.9 Å². The number of hydrogen-bond donors (Lipinski definition) is 1. The first-order valence-electron chi connectivity index (χ1n) is 5.18. The average Bonchev–Trinajstić information content (AvgIpc) is 2.31. The van der Waals surface area contributed by atoms with E-state index in [9.17, 15) is 8.78 Å². The molecular weight excluding hydrogens is 172 g/mol. The molecule has 0 heterocycles. The maximum Gasteiger partial charge on any atom is 0.265 e. The number of hydrogen-bond acceptors (Lipinski definition) is 1. The maximum atomic E-state index is 13.5.